The molecule has 0 aliphatic rings. The fourth-order valence-corrected chi connectivity index (χ4v) is 4.72. The van der Waals surface area contributed by atoms with Gasteiger partial charge in [-0.3, -0.25) is 0 Å². The number of rotatable bonds is 3. The molecular weight excluding hydrogens is 397 g/mol. The molecule has 132 valence electrons. The van der Waals surface area contributed by atoms with Gasteiger partial charge in [-0.2, -0.15) is 28.3 Å². The molecule has 1 N–H and O–H groups in total. The van der Waals surface area contributed by atoms with Gasteiger partial charge in [0.05, 0.1) is 0 Å². The summed E-state index contributed by atoms with van der Waals surface area (Å²) in [5.41, 5.74) is 13.0. The second kappa shape index (κ2) is 13.9. The third-order valence-corrected chi connectivity index (χ3v) is 5.78. The number of hydrogen-bond donors (Lipinski definition) is 0. The molecule has 2 nitrogen and oxygen atoms in total. The van der Waals surface area contributed by atoms with E-state index in [9.17, 15) is 0 Å². The van der Waals surface area contributed by atoms with Crippen molar-refractivity contribution in [1.82, 2.24) is 0 Å². The Hall–Kier alpha value is 0.708. The van der Waals surface area contributed by atoms with Crippen LogP contribution in [0.2, 0.25) is 32.7 Å². The summed E-state index contributed by atoms with van der Waals surface area (Å²) in [7, 11) is -1.95. The molecule has 0 aliphatic heterocycles. The summed E-state index contributed by atoms with van der Waals surface area (Å²) in [4.78, 5) is 0. The first-order valence-electron chi connectivity index (χ1n) is 7.19. The van der Waals surface area contributed by atoms with E-state index in [1.165, 1.54) is 22.3 Å². The van der Waals surface area contributed by atoms with Crippen molar-refractivity contribution in [3.63, 3.8) is 0 Å². The smallest absolute Gasteiger partial charge is 1.00 e. The fraction of sp³-hybridized carbons (Fsp3) is 0.625. The molecule has 0 aliphatic carbocycles. The molecule has 0 spiro atoms. The van der Waals surface area contributed by atoms with Crippen molar-refractivity contribution in [3.8, 4) is 0 Å². The Balaban J connectivity index is -0.000000140. The summed E-state index contributed by atoms with van der Waals surface area (Å²) in [5.74, 6) is 0. The van der Waals surface area contributed by atoms with Gasteiger partial charge in [0.2, 0.25) is 8.32 Å². The zero-order valence-corrected chi connectivity index (χ0v) is 21.0. The molecule has 0 bridgehead atoms. The topological polar surface area (TPSA) is 33.0 Å². The first kappa shape index (κ1) is 31.5. The number of halogens is 2. The summed E-state index contributed by atoms with van der Waals surface area (Å²) < 4.78 is 5.76. The second-order valence-electron chi connectivity index (χ2n) is 6.57. The zero-order chi connectivity index (χ0) is 16.1. The average Bonchev–Trinajstić information content (AvgIpc) is 2.52. The van der Waals surface area contributed by atoms with E-state index in [-0.39, 0.29) is 46.5 Å². The third-order valence-electron chi connectivity index (χ3n) is 3.33. The van der Waals surface area contributed by atoms with Crippen LogP contribution in [0.1, 0.15) is 22.3 Å². The molecular formula is C16H31Cl2NOSi2Ti. The van der Waals surface area contributed by atoms with Crippen LogP contribution >= 0.6 is 0 Å². The molecule has 0 heterocycles. The Kier molecular flexibility index (Phi) is 19.1. The van der Waals surface area contributed by atoms with E-state index in [1.54, 1.807) is 0 Å². The molecule has 0 saturated heterocycles. The largest absolute Gasteiger partial charge is 4.00 e. The van der Waals surface area contributed by atoms with Crippen molar-refractivity contribution in [2.75, 3.05) is 6.54 Å². The Morgan fingerprint density at radius 2 is 1.61 bits per heavy atom. The van der Waals surface area contributed by atoms with E-state index in [0.29, 0.717) is 6.54 Å². The quantitative estimate of drug-likeness (QED) is 0.449. The van der Waals surface area contributed by atoms with E-state index >= 15 is 0 Å². The second-order valence-corrected chi connectivity index (χ2v) is 13.6. The van der Waals surface area contributed by atoms with Crippen molar-refractivity contribution >= 4 is 22.1 Å². The van der Waals surface area contributed by atoms with E-state index < -0.39 is 16.7 Å². The zero-order valence-electron chi connectivity index (χ0n) is 15.9. The number of hydrogen-bond acceptors (Lipinski definition) is 1. The van der Waals surface area contributed by atoms with Crippen LogP contribution in [0, 0.1) is 27.7 Å². The predicted molar refractivity (Wildman–Crippen MR) is 97.1 cm³/mol. The van der Waals surface area contributed by atoms with Gasteiger partial charge in [-0.25, -0.2) is 0 Å². The van der Waals surface area contributed by atoms with Gasteiger partial charge in [0.25, 0.3) is 0 Å². The minimum absolute atomic E-state index is 0. The van der Waals surface area contributed by atoms with E-state index in [1.807, 2.05) is 0 Å². The summed E-state index contributed by atoms with van der Waals surface area (Å²) in [6, 6.07) is 2.24. The maximum absolute atomic E-state index is 7.26. The van der Waals surface area contributed by atoms with Gasteiger partial charge in [-0.15, -0.1) is 0 Å². The van der Waals surface area contributed by atoms with Crippen molar-refractivity contribution in [2.24, 2.45) is 0 Å². The molecule has 1 aromatic rings. The van der Waals surface area contributed by atoms with Crippen LogP contribution in [-0.4, -0.2) is 28.6 Å². The molecule has 0 saturated carbocycles. The average molecular weight is 428 g/mol. The summed E-state index contributed by atoms with van der Waals surface area (Å²) in [6.07, 6.45) is 0. The van der Waals surface area contributed by atoms with E-state index in [4.69, 9.17) is 10.2 Å². The first-order valence-corrected chi connectivity index (χ1v) is 13.1. The van der Waals surface area contributed by atoms with Crippen molar-refractivity contribution < 1.29 is 51.0 Å². The van der Waals surface area contributed by atoms with Gasteiger partial charge in [0.1, 0.15) is 0 Å². The maximum Gasteiger partial charge on any atom is 4.00 e. The third kappa shape index (κ3) is 12.7. The molecule has 0 amide bonds. The molecule has 0 aromatic heterocycles. The Morgan fingerprint density at radius 3 is 1.70 bits per heavy atom. The molecule has 23 heavy (non-hydrogen) atoms. The number of aryl methyl sites for hydroxylation is 2. The Morgan fingerprint density at radius 1 is 1.17 bits per heavy atom. The first-order chi connectivity index (χ1) is 8.99. The van der Waals surface area contributed by atoms with Gasteiger partial charge >= 0.3 is 21.7 Å². The summed E-state index contributed by atoms with van der Waals surface area (Å²) in [5, 5.41) is 1.04. The maximum atomic E-state index is 7.26. The van der Waals surface area contributed by atoms with Crippen molar-refractivity contribution in [3.05, 3.63) is 34.1 Å². The van der Waals surface area contributed by atoms with Crippen molar-refractivity contribution in [1.29, 1.82) is 0 Å². The van der Waals surface area contributed by atoms with Crippen LogP contribution in [0.15, 0.2) is 6.07 Å². The standard InChI is InChI=1S/C9H13.C7H18NOSi2.2ClH.Ti/c1-6-5-7(2)9(4)8(6)3;1-10(2)7(6-8)9-11(3,4)5;;;/h5H,1-4H3;8H,6H2,1-5H3;2*1H;/q2*-1;;;+4/p-2. The van der Waals surface area contributed by atoms with Crippen LogP contribution in [0.4, 0.5) is 0 Å². The van der Waals surface area contributed by atoms with Gasteiger partial charge in [0, 0.05) is 13.8 Å². The molecule has 0 unspecified atom stereocenters. The van der Waals surface area contributed by atoms with Gasteiger partial charge in [-0.05, 0) is 19.6 Å². The minimum atomic E-state index is -1.44. The van der Waals surface area contributed by atoms with Crippen LogP contribution < -0.4 is 24.8 Å². The number of nitrogens with one attached hydrogen (secondary N) is 1. The monoisotopic (exact) mass is 427 g/mol. The predicted octanol–water partition coefficient (Wildman–Crippen LogP) is -0.999. The molecule has 7 heteroatoms. The molecule has 1 aromatic carbocycles. The summed E-state index contributed by atoms with van der Waals surface area (Å²) >= 11 is 0. The fourth-order valence-electron chi connectivity index (χ4n) is 1.82. The van der Waals surface area contributed by atoms with E-state index in [0.717, 1.165) is 5.35 Å². The van der Waals surface area contributed by atoms with Crippen LogP contribution in [0.25, 0.3) is 5.73 Å². The molecule has 1 rings (SSSR count). The molecule has 0 fully saturated rings. The van der Waals surface area contributed by atoms with Gasteiger partial charge in [0.15, 0.2) is 0 Å². The normalized spacial score (nSPS) is 9.30. The summed E-state index contributed by atoms with van der Waals surface area (Å²) in [6.45, 7) is 19.9. The van der Waals surface area contributed by atoms with Gasteiger partial charge in [-0.1, -0.05) is 47.3 Å². The Labute approximate surface area is 173 Å². The molecule has 0 radical (unpaired) electrons. The van der Waals surface area contributed by atoms with E-state index in [2.05, 4.69) is 66.5 Å². The van der Waals surface area contributed by atoms with Crippen LogP contribution in [-0.2, 0) is 26.1 Å². The SMILES string of the molecule is C[Si](C)=C(C[NH-])O[Si](C)(C)C.Cc1c[c-](C)c(C)c1C.[Cl-].[Cl-].[Ti+4]. The molecule has 0 atom stereocenters. The van der Waals surface area contributed by atoms with Crippen LogP contribution in [0.5, 0.6) is 0 Å². The van der Waals surface area contributed by atoms with Crippen LogP contribution in [0.3, 0.4) is 0 Å². The van der Waals surface area contributed by atoms with Crippen molar-refractivity contribution in [2.45, 2.75) is 60.4 Å². The van der Waals surface area contributed by atoms with Gasteiger partial charge < -0.3 is 35.0 Å². The minimum Gasteiger partial charge on any atom is -1.00 e. The Bertz CT molecular complexity index is 457.